The molecule has 0 spiro atoms. The molecule has 0 heterocycles. The van der Waals surface area contributed by atoms with Gasteiger partial charge in [0.2, 0.25) is 0 Å². The zero-order valence-corrected chi connectivity index (χ0v) is 10.2. The average Bonchev–Trinajstić information content (AvgIpc) is 2.27. The fourth-order valence-corrected chi connectivity index (χ4v) is 1.85. The summed E-state index contributed by atoms with van der Waals surface area (Å²) in [5, 5.41) is 23.4. The molecule has 17 heavy (non-hydrogen) atoms. The van der Waals surface area contributed by atoms with Gasteiger partial charge in [-0.25, -0.2) is 0 Å². The van der Waals surface area contributed by atoms with Crippen LogP contribution in [0, 0.1) is 6.92 Å². The molecule has 1 aromatic rings. The summed E-state index contributed by atoms with van der Waals surface area (Å²) in [6.07, 6.45) is -1.80. The SMILES string of the molecule is Cc1cc(Cl)cc(C(O)C(O)CCN=[N+]=[N-])c1. The molecule has 0 fully saturated rings. The highest BCUT2D eigenvalue weighted by atomic mass is 35.5. The number of aliphatic hydroxyl groups excluding tert-OH is 2. The Morgan fingerprint density at radius 2 is 2.12 bits per heavy atom. The average molecular weight is 256 g/mol. The molecule has 0 radical (unpaired) electrons. The van der Waals surface area contributed by atoms with Crippen LogP contribution in [0.25, 0.3) is 10.4 Å². The third kappa shape index (κ3) is 4.24. The van der Waals surface area contributed by atoms with Crippen LogP contribution >= 0.6 is 11.6 Å². The van der Waals surface area contributed by atoms with Gasteiger partial charge in [-0.2, -0.15) is 0 Å². The van der Waals surface area contributed by atoms with E-state index in [0.717, 1.165) is 5.56 Å². The third-order valence-corrected chi connectivity index (χ3v) is 2.58. The van der Waals surface area contributed by atoms with E-state index in [4.69, 9.17) is 17.1 Å². The van der Waals surface area contributed by atoms with Gasteiger partial charge in [-0.15, -0.1) is 0 Å². The number of rotatable bonds is 5. The maximum absolute atomic E-state index is 9.89. The molecule has 1 aromatic carbocycles. The van der Waals surface area contributed by atoms with Crippen LogP contribution in [-0.4, -0.2) is 22.9 Å². The van der Waals surface area contributed by atoms with Gasteiger partial charge in [0.1, 0.15) is 6.10 Å². The van der Waals surface area contributed by atoms with Gasteiger partial charge in [0.05, 0.1) is 6.10 Å². The van der Waals surface area contributed by atoms with E-state index in [9.17, 15) is 10.2 Å². The second-order valence-corrected chi connectivity index (χ2v) is 4.25. The quantitative estimate of drug-likeness (QED) is 0.481. The van der Waals surface area contributed by atoms with Crippen LogP contribution in [-0.2, 0) is 0 Å². The van der Waals surface area contributed by atoms with Gasteiger partial charge < -0.3 is 10.2 Å². The monoisotopic (exact) mass is 255 g/mol. The zero-order chi connectivity index (χ0) is 12.8. The van der Waals surface area contributed by atoms with E-state index in [1.165, 1.54) is 0 Å². The number of hydrogen-bond donors (Lipinski definition) is 2. The van der Waals surface area contributed by atoms with Crippen LogP contribution in [0.15, 0.2) is 23.3 Å². The number of nitrogens with zero attached hydrogens (tertiary/aromatic N) is 3. The Balaban J connectivity index is 2.73. The fraction of sp³-hybridized carbons (Fsp3) is 0.455. The second-order valence-electron chi connectivity index (χ2n) is 3.82. The maximum Gasteiger partial charge on any atom is 0.105 e. The lowest BCUT2D eigenvalue weighted by Crippen LogP contribution is -2.19. The van der Waals surface area contributed by atoms with Crippen molar-refractivity contribution in [2.75, 3.05) is 6.54 Å². The third-order valence-electron chi connectivity index (χ3n) is 2.36. The van der Waals surface area contributed by atoms with E-state index in [-0.39, 0.29) is 13.0 Å². The first-order chi connectivity index (χ1) is 8.04. The van der Waals surface area contributed by atoms with Crippen LogP contribution in [0.5, 0.6) is 0 Å². The van der Waals surface area contributed by atoms with Gasteiger partial charge in [-0.1, -0.05) is 22.8 Å². The normalized spacial score (nSPS) is 13.9. The summed E-state index contributed by atoms with van der Waals surface area (Å²) >= 11 is 5.87. The molecule has 0 saturated carbocycles. The van der Waals surface area contributed by atoms with Crippen molar-refractivity contribution in [3.05, 3.63) is 44.8 Å². The smallest absolute Gasteiger partial charge is 0.105 e. The highest BCUT2D eigenvalue weighted by Gasteiger charge is 2.18. The van der Waals surface area contributed by atoms with E-state index in [1.54, 1.807) is 18.2 Å². The lowest BCUT2D eigenvalue weighted by molar-refractivity contribution is 0.0150. The zero-order valence-electron chi connectivity index (χ0n) is 9.41. The summed E-state index contributed by atoms with van der Waals surface area (Å²) in [5.41, 5.74) is 9.57. The Morgan fingerprint density at radius 1 is 1.41 bits per heavy atom. The Morgan fingerprint density at radius 3 is 2.71 bits per heavy atom. The topological polar surface area (TPSA) is 89.2 Å². The standard InChI is InChI=1S/C11H14ClN3O2/c1-7-4-8(6-9(12)5-7)11(17)10(16)2-3-14-15-13/h4-6,10-11,16-17H,2-3H2,1H3. The van der Waals surface area contributed by atoms with Crippen LogP contribution in [0.3, 0.4) is 0 Å². The molecule has 2 unspecified atom stereocenters. The highest BCUT2D eigenvalue weighted by Crippen LogP contribution is 2.23. The molecule has 0 aliphatic rings. The Kier molecular flexibility index (Phi) is 5.25. The Labute approximate surface area is 104 Å². The molecule has 0 aliphatic carbocycles. The molecule has 0 aromatic heterocycles. The van der Waals surface area contributed by atoms with Crippen LogP contribution < -0.4 is 0 Å². The first kappa shape index (κ1) is 13.8. The fourth-order valence-electron chi connectivity index (χ4n) is 1.55. The summed E-state index contributed by atoms with van der Waals surface area (Å²) in [7, 11) is 0. The van der Waals surface area contributed by atoms with Crippen molar-refractivity contribution < 1.29 is 10.2 Å². The van der Waals surface area contributed by atoms with Gasteiger partial charge >= 0.3 is 0 Å². The second kappa shape index (κ2) is 6.47. The molecule has 1 rings (SSSR count). The van der Waals surface area contributed by atoms with Crippen LogP contribution in [0.4, 0.5) is 0 Å². The molecule has 2 atom stereocenters. The molecule has 0 saturated heterocycles. The minimum absolute atomic E-state index is 0.147. The Bertz CT molecular complexity index is 412. The van der Waals surface area contributed by atoms with E-state index in [0.29, 0.717) is 10.6 Å². The minimum Gasteiger partial charge on any atom is -0.390 e. The molecule has 5 nitrogen and oxygen atoms in total. The predicted octanol–water partition coefficient (Wildman–Crippen LogP) is 2.74. The van der Waals surface area contributed by atoms with Crippen molar-refractivity contribution in [2.24, 2.45) is 5.11 Å². The van der Waals surface area contributed by atoms with Crippen molar-refractivity contribution in [1.82, 2.24) is 0 Å². The molecular weight excluding hydrogens is 242 g/mol. The number of aliphatic hydroxyl groups is 2. The predicted molar refractivity (Wildman–Crippen MR) is 65.8 cm³/mol. The Hall–Kier alpha value is -1.26. The lowest BCUT2D eigenvalue weighted by atomic mass is 10.0. The summed E-state index contributed by atoms with van der Waals surface area (Å²) in [5.74, 6) is 0. The molecule has 6 heteroatoms. The van der Waals surface area contributed by atoms with E-state index < -0.39 is 12.2 Å². The van der Waals surface area contributed by atoms with E-state index >= 15 is 0 Å². The van der Waals surface area contributed by atoms with Gasteiger partial charge in [0, 0.05) is 16.5 Å². The number of hydrogen-bond acceptors (Lipinski definition) is 3. The summed E-state index contributed by atoms with van der Waals surface area (Å²) in [6.45, 7) is 2.00. The molecule has 92 valence electrons. The first-order valence-electron chi connectivity index (χ1n) is 5.18. The molecule has 0 amide bonds. The van der Waals surface area contributed by atoms with Crippen molar-refractivity contribution in [2.45, 2.75) is 25.6 Å². The van der Waals surface area contributed by atoms with Crippen molar-refractivity contribution in [3.8, 4) is 0 Å². The van der Waals surface area contributed by atoms with Crippen molar-refractivity contribution >= 4 is 11.6 Å². The van der Waals surface area contributed by atoms with Gasteiger partial charge in [0.15, 0.2) is 0 Å². The number of aryl methyl sites for hydroxylation is 1. The van der Waals surface area contributed by atoms with Crippen molar-refractivity contribution in [1.29, 1.82) is 0 Å². The summed E-state index contributed by atoms with van der Waals surface area (Å²) < 4.78 is 0. The number of azide groups is 1. The minimum atomic E-state index is -1.03. The molecule has 0 bridgehead atoms. The van der Waals surface area contributed by atoms with E-state index in [1.807, 2.05) is 6.92 Å². The van der Waals surface area contributed by atoms with E-state index in [2.05, 4.69) is 10.0 Å². The molecular formula is C11H14ClN3O2. The summed E-state index contributed by atoms with van der Waals surface area (Å²) in [6, 6.07) is 5.13. The van der Waals surface area contributed by atoms with Gasteiger partial charge in [0.25, 0.3) is 0 Å². The lowest BCUT2D eigenvalue weighted by Gasteiger charge is -2.18. The number of benzene rings is 1. The summed E-state index contributed by atoms with van der Waals surface area (Å²) in [4.78, 5) is 2.58. The van der Waals surface area contributed by atoms with Gasteiger partial charge in [-0.05, 0) is 42.1 Å². The molecule has 2 N–H and O–H groups in total. The van der Waals surface area contributed by atoms with Crippen molar-refractivity contribution in [3.63, 3.8) is 0 Å². The maximum atomic E-state index is 9.89. The first-order valence-corrected chi connectivity index (χ1v) is 5.56. The highest BCUT2D eigenvalue weighted by molar-refractivity contribution is 6.30. The van der Waals surface area contributed by atoms with Crippen LogP contribution in [0.2, 0.25) is 5.02 Å². The van der Waals surface area contributed by atoms with Crippen LogP contribution in [0.1, 0.15) is 23.7 Å². The van der Waals surface area contributed by atoms with Gasteiger partial charge in [-0.3, -0.25) is 0 Å². The molecule has 0 aliphatic heterocycles. The number of halogens is 1. The largest absolute Gasteiger partial charge is 0.390 e.